The number of unbranched alkanes of at least 4 members (excludes halogenated alkanes) is 13. The van der Waals surface area contributed by atoms with Crippen molar-refractivity contribution < 1.29 is 17.8 Å². The number of quaternary nitrogens is 1. The number of hydrogen-bond acceptors (Lipinski definition) is 3. The second kappa shape index (κ2) is 26.3. The fourth-order valence-corrected chi connectivity index (χ4v) is 7.66. The molecule has 0 atom stereocenters. The Morgan fingerprint density at radius 1 is 0.405 bits per heavy atom. The molecular weight excluding hydrogens is 474 g/mol. The number of rotatable bonds is 30. The zero-order valence-corrected chi connectivity index (χ0v) is 27.6. The van der Waals surface area contributed by atoms with Crippen LogP contribution in [0.15, 0.2) is 0 Å². The third-order valence-corrected chi connectivity index (χ3v) is 10.6. The molecule has 0 N–H and O–H groups in total. The maximum Gasteiger partial charge on any atom is 0.501 e. The topological polar surface area (TPSA) is 27.7 Å². The molecule has 0 saturated carbocycles. The second-order valence-electron chi connectivity index (χ2n) is 11.7. The maximum atomic E-state index is 6.54. The average molecular weight is 545 g/mol. The van der Waals surface area contributed by atoms with Crippen molar-refractivity contribution in [2.45, 2.75) is 163 Å². The molecule has 0 aromatic carbocycles. The fraction of sp³-hybridized carbons (Fsp3) is 1.00. The Balaban J connectivity index is 5.09. The lowest BCUT2D eigenvalue weighted by molar-refractivity contribution is -0.910. The first-order valence-corrected chi connectivity index (χ1v) is 18.7. The normalized spacial score (nSPS) is 12.5. The Bertz CT molecular complexity index is 421. The van der Waals surface area contributed by atoms with E-state index in [0.29, 0.717) is 0 Å². The van der Waals surface area contributed by atoms with Crippen LogP contribution in [0.5, 0.6) is 0 Å². The highest BCUT2D eigenvalue weighted by molar-refractivity contribution is 6.60. The molecule has 224 valence electrons. The van der Waals surface area contributed by atoms with Crippen molar-refractivity contribution in [1.29, 1.82) is 0 Å². The van der Waals surface area contributed by atoms with E-state index in [9.17, 15) is 0 Å². The van der Waals surface area contributed by atoms with Gasteiger partial charge in [0.05, 0.1) is 26.7 Å². The largest absolute Gasteiger partial charge is 0.501 e. The molecule has 0 aromatic heterocycles. The third kappa shape index (κ3) is 21.5. The predicted octanol–water partition coefficient (Wildman–Crippen LogP) is 9.93. The molecule has 0 rings (SSSR count). The summed E-state index contributed by atoms with van der Waals surface area (Å²) in [6, 6.07) is 0.977. The van der Waals surface area contributed by atoms with Gasteiger partial charge >= 0.3 is 8.80 Å². The van der Waals surface area contributed by atoms with Gasteiger partial charge in [0.15, 0.2) is 0 Å². The first-order valence-electron chi connectivity index (χ1n) is 16.8. The van der Waals surface area contributed by atoms with Gasteiger partial charge in [0.1, 0.15) is 0 Å². The minimum absolute atomic E-state index is 0.780. The van der Waals surface area contributed by atoms with Gasteiger partial charge in [-0.1, -0.05) is 105 Å². The Morgan fingerprint density at radius 3 is 1.11 bits per heavy atom. The van der Waals surface area contributed by atoms with E-state index in [1.807, 2.05) is 0 Å². The Labute approximate surface area is 235 Å². The molecule has 0 saturated heterocycles. The van der Waals surface area contributed by atoms with Crippen LogP contribution in [0.2, 0.25) is 6.04 Å². The van der Waals surface area contributed by atoms with Crippen molar-refractivity contribution in [3.05, 3.63) is 0 Å². The Hall–Kier alpha value is 0.0569. The SMILES string of the molecule is CCCCCCCC[N+](C)(CCCCCCCC)CCC[Si](OCCCC)(OCCCC)OCCCC. The van der Waals surface area contributed by atoms with Crippen LogP contribution in [0.4, 0.5) is 0 Å². The molecule has 4 nitrogen and oxygen atoms in total. The number of hydrogen-bond donors (Lipinski definition) is 0. The summed E-state index contributed by atoms with van der Waals surface area (Å²) >= 11 is 0. The van der Waals surface area contributed by atoms with Crippen LogP contribution >= 0.6 is 0 Å². The summed E-state index contributed by atoms with van der Waals surface area (Å²) in [6.45, 7) is 17.5. The van der Waals surface area contributed by atoms with Gasteiger partial charge in [0.2, 0.25) is 0 Å². The lowest BCUT2D eigenvalue weighted by Crippen LogP contribution is -2.50. The summed E-state index contributed by atoms with van der Waals surface area (Å²) in [5.41, 5.74) is 0. The van der Waals surface area contributed by atoms with Gasteiger partial charge in [-0.2, -0.15) is 0 Å². The van der Waals surface area contributed by atoms with Crippen molar-refractivity contribution >= 4 is 8.80 Å². The predicted molar refractivity (Wildman–Crippen MR) is 165 cm³/mol. The van der Waals surface area contributed by atoms with Crippen LogP contribution < -0.4 is 0 Å². The van der Waals surface area contributed by atoms with Gasteiger partial charge in [0, 0.05) is 32.3 Å². The van der Waals surface area contributed by atoms with E-state index in [1.165, 1.54) is 101 Å². The first kappa shape index (κ1) is 37.1. The van der Waals surface area contributed by atoms with E-state index in [1.54, 1.807) is 0 Å². The lowest BCUT2D eigenvalue weighted by Gasteiger charge is -2.36. The molecule has 37 heavy (non-hydrogen) atoms. The summed E-state index contributed by atoms with van der Waals surface area (Å²) in [7, 11) is -0.100. The van der Waals surface area contributed by atoms with Gasteiger partial charge < -0.3 is 17.8 Å². The zero-order valence-electron chi connectivity index (χ0n) is 26.6. The van der Waals surface area contributed by atoms with E-state index in [-0.39, 0.29) is 0 Å². The summed E-state index contributed by atoms with van der Waals surface area (Å²) in [5.74, 6) is 0. The molecule has 0 radical (unpaired) electrons. The smallest absolute Gasteiger partial charge is 0.373 e. The fourth-order valence-electron chi connectivity index (χ4n) is 5.02. The number of nitrogens with zero attached hydrogens (tertiary/aromatic N) is 1. The molecule has 0 amide bonds. The summed E-state index contributed by atoms with van der Waals surface area (Å²) in [6.07, 6.45) is 24.5. The van der Waals surface area contributed by atoms with Gasteiger partial charge in [-0.15, -0.1) is 0 Å². The molecule has 0 aliphatic carbocycles. The molecule has 0 bridgehead atoms. The summed E-state index contributed by atoms with van der Waals surface area (Å²) < 4.78 is 20.8. The van der Waals surface area contributed by atoms with E-state index in [0.717, 1.165) is 70.8 Å². The van der Waals surface area contributed by atoms with Gasteiger partial charge in [-0.3, -0.25) is 0 Å². The molecule has 0 spiro atoms. The van der Waals surface area contributed by atoms with Gasteiger partial charge in [-0.25, -0.2) is 0 Å². The quantitative estimate of drug-likeness (QED) is 0.0511. The molecule has 0 aliphatic rings. The highest BCUT2D eigenvalue weighted by Gasteiger charge is 2.41. The highest BCUT2D eigenvalue weighted by atomic mass is 28.4. The molecule has 0 aliphatic heterocycles. The van der Waals surface area contributed by atoms with Crippen LogP contribution in [0.3, 0.4) is 0 Å². The van der Waals surface area contributed by atoms with E-state index in [4.69, 9.17) is 13.3 Å². The Kier molecular flexibility index (Phi) is 26.3. The van der Waals surface area contributed by atoms with Crippen molar-refractivity contribution in [3.8, 4) is 0 Å². The van der Waals surface area contributed by atoms with Crippen molar-refractivity contribution in [1.82, 2.24) is 0 Å². The van der Waals surface area contributed by atoms with E-state index < -0.39 is 8.80 Å². The monoisotopic (exact) mass is 545 g/mol. The van der Waals surface area contributed by atoms with E-state index in [2.05, 4.69) is 41.7 Å². The summed E-state index contributed by atoms with van der Waals surface area (Å²) in [4.78, 5) is 0. The standard InChI is InChI=1S/C32H70NO3Si/c1-7-12-17-19-21-23-26-33(6,27-24-22-20-18-13-8-2)28-25-32-37(34-29-14-9-3,35-30-15-10-4)36-31-16-11-5/h7-32H2,1-6H3/q+1. The molecule has 0 unspecified atom stereocenters. The minimum Gasteiger partial charge on any atom is -0.373 e. The minimum atomic E-state index is -2.62. The van der Waals surface area contributed by atoms with Gasteiger partial charge in [-0.05, 0) is 44.9 Å². The molecule has 0 fully saturated rings. The van der Waals surface area contributed by atoms with Crippen molar-refractivity contribution in [2.75, 3.05) is 46.5 Å². The Morgan fingerprint density at radius 2 is 0.730 bits per heavy atom. The third-order valence-electron chi connectivity index (χ3n) is 7.74. The molecular formula is C32H70NO3Si+. The van der Waals surface area contributed by atoms with E-state index >= 15 is 0 Å². The van der Waals surface area contributed by atoms with Crippen LogP contribution in [-0.2, 0) is 13.3 Å². The molecule has 0 heterocycles. The van der Waals surface area contributed by atoms with Crippen LogP contribution in [0.1, 0.15) is 157 Å². The molecule has 5 heteroatoms. The van der Waals surface area contributed by atoms with Crippen LogP contribution in [0, 0.1) is 0 Å². The zero-order chi connectivity index (χ0) is 27.5. The highest BCUT2D eigenvalue weighted by Crippen LogP contribution is 2.23. The van der Waals surface area contributed by atoms with Crippen LogP contribution in [0.25, 0.3) is 0 Å². The average Bonchev–Trinajstić information content (AvgIpc) is 2.89. The summed E-state index contributed by atoms with van der Waals surface area (Å²) in [5, 5.41) is 0. The van der Waals surface area contributed by atoms with Crippen molar-refractivity contribution in [2.24, 2.45) is 0 Å². The maximum absolute atomic E-state index is 6.54. The van der Waals surface area contributed by atoms with Gasteiger partial charge in [0.25, 0.3) is 0 Å². The lowest BCUT2D eigenvalue weighted by atomic mass is 10.1. The molecule has 0 aromatic rings. The van der Waals surface area contributed by atoms with Crippen LogP contribution in [-0.4, -0.2) is 59.8 Å². The first-order chi connectivity index (χ1) is 18.0. The second-order valence-corrected chi connectivity index (χ2v) is 14.5. The van der Waals surface area contributed by atoms with Crippen molar-refractivity contribution in [3.63, 3.8) is 0 Å².